The number of hydrogen-bond acceptors (Lipinski definition) is 8. The Balaban J connectivity index is 1.30. The highest BCUT2D eigenvalue weighted by molar-refractivity contribution is 7.07. The highest BCUT2D eigenvalue weighted by atomic mass is 32.1. The molecule has 1 fully saturated rings. The maximum atomic E-state index is 13.2. The van der Waals surface area contributed by atoms with Crippen molar-refractivity contribution in [2.45, 2.75) is 45.2 Å². The molecule has 2 aliphatic rings. The lowest BCUT2D eigenvalue weighted by Crippen LogP contribution is -2.32. The number of amides is 1. The minimum absolute atomic E-state index is 0.0882. The van der Waals surface area contributed by atoms with Gasteiger partial charge in [0.15, 0.2) is 0 Å². The van der Waals surface area contributed by atoms with Crippen molar-refractivity contribution < 1.29 is 9.53 Å². The summed E-state index contributed by atoms with van der Waals surface area (Å²) in [4.78, 5) is 33.0. The predicted molar refractivity (Wildman–Crippen MR) is 167 cm³/mol. The highest BCUT2D eigenvalue weighted by Crippen LogP contribution is 2.16. The smallest absolute Gasteiger partial charge is 0.270 e. The number of nitriles is 1. The molecule has 3 heterocycles. The number of hydrogen-bond donors (Lipinski definition) is 2. The van der Waals surface area contributed by atoms with Crippen LogP contribution in [-0.4, -0.2) is 60.1 Å². The van der Waals surface area contributed by atoms with Crippen LogP contribution in [0.15, 0.2) is 64.4 Å². The number of rotatable bonds is 11. The molecule has 10 heteroatoms. The van der Waals surface area contributed by atoms with Crippen molar-refractivity contribution >= 4 is 40.6 Å². The minimum atomic E-state index is -0.205. The van der Waals surface area contributed by atoms with Crippen molar-refractivity contribution in [3.8, 4) is 6.07 Å². The summed E-state index contributed by atoms with van der Waals surface area (Å²) in [7, 11) is 0. The molecule has 5 rings (SSSR count). The molecule has 0 bridgehead atoms. The second-order valence-electron chi connectivity index (χ2n) is 10.4. The fourth-order valence-corrected chi connectivity index (χ4v) is 6.32. The Morgan fingerprint density at radius 1 is 1.19 bits per heavy atom. The summed E-state index contributed by atoms with van der Waals surface area (Å²) in [6.45, 7) is 6.60. The molecule has 1 amide bonds. The summed E-state index contributed by atoms with van der Waals surface area (Å²) < 4.78 is 8.36. The molecule has 9 nitrogen and oxygen atoms in total. The van der Waals surface area contributed by atoms with Gasteiger partial charge in [-0.2, -0.15) is 5.26 Å². The van der Waals surface area contributed by atoms with Crippen LogP contribution in [0.1, 0.15) is 42.1 Å². The number of aromatic nitrogens is 1. The highest BCUT2D eigenvalue weighted by Gasteiger charge is 2.24. The third-order valence-electron chi connectivity index (χ3n) is 7.42. The van der Waals surface area contributed by atoms with Crippen LogP contribution in [0.5, 0.6) is 0 Å². The van der Waals surface area contributed by atoms with E-state index in [9.17, 15) is 14.9 Å². The molecule has 0 aliphatic carbocycles. The monoisotopic (exact) mass is 584 g/mol. The zero-order valence-corrected chi connectivity index (χ0v) is 24.7. The Morgan fingerprint density at radius 3 is 2.76 bits per heavy atom. The van der Waals surface area contributed by atoms with Crippen molar-refractivity contribution in [1.29, 1.82) is 5.26 Å². The maximum Gasteiger partial charge on any atom is 0.270 e. The topological polar surface area (TPSA) is 112 Å². The van der Waals surface area contributed by atoms with Crippen LogP contribution in [0.25, 0.3) is 11.8 Å². The summed E-state index contributed by atoms with van der Waals surface area (Å²) in [5.74, 6) is 0.156. The normalized spacial score (nSPS) is 17.9. The number of ether oxygens (including phenoxy) is 1. The van der Waals surface area contributed by atoms with E-state index in [2.05, 4.69) is 26.6 Å². The van der Waals surface area contributed by atoms with E-state index in [0.717, 1.165) is 31.6 Å². The van der Waals surface area contributed by atoms with E-state index in [1.807, 2.05) is 49.4 Å². The predicted octanol–water partition coefficient (Wildman–Crippen LogP) is 2.71. The molecule has 42 heavy (non-hydrogen) atoms. The lowest BCUT2D eigenvalue weighted by Gasteiger charge is -2.14. The van der Waals surface area contributed by atoms with Gasteiger partial charge in [-0.3, -0.25) is 14.2 Å². The van der Waals surface area contributed by atoms with Gasteiger partial charge in [0.05, 0.1) is 6.04 Å². The second-order valence-corrected chi connectivity index (χ2v) is 11.5. The molecular weight excluding hydrogens is 548 g/mol. The van der Waals surface area contributed by atoms with E-state index in [-0.39, 0.29) is 29.0 Å². The number of nitrogens with one attached hydrogen (secondary N) is 2. The molecule has 2 aromatic carbocycles. The van der Waals surface area contributed by atoms with Gasteiger partial charge >= 0.3 is 0 Å². The molecule has 2 N–H and O–H groups in total. The first kappa shape index (κ1) is 29.3. The molecule has 1 atom stereocenters. The molecule has 0 spiro atoms. The van der Waals surface area contributed by atoms with E-state index in [1.54, 1.807) is 22.9 Å². The van der Waals surface area contributed by atoms with E-state index in [1.165, 1.54) is 24.2 Å². The molecule has 0 saturated carbocycles. The van der Waals surface area contributed by atoms with Crippen LogP contribution in [-0.2, 0) is 17.7 Å². The van der Waals surface area contributed by atoms with Gasteiger partial charge < -0.3 is 20.3 Å². The SMILES string of the molecule is CCn1c(=C(C#N)C2=N[C@@H](Cc3ccccc3)CO2)sc(=CNc2cccc(C(=O)NCCCN3CCCC3)c2)c1=O. The largest absolute Gasteiger partial charge is 0.475 e. The number of anilines is 1. The Labute approximate surface area is 249 Å². The first-order valence-electron chi connectivity index (χ1n) is 14.5. The summed E-state index contributed by atoms with van der Waals surface area (Å²) >= 11 is 1.22. The van der Waals surface area contributed by atoms with E-state index >= 15 is 0 Å². The molecular formula is C32H36N6O3S. The van der Waals surface area contributed by atoms with E-state index < -0.39 is 0 Å². The first-order chi connectivity index (χ1) is 20.6. The molecule has 0 unspecified atom stereocenters. The Kier molecular flexibility index (Phi) is 9.85. The summed E-state index contributed by atoms with van der Waals surface area (Å²) in [5.41, 5.74) is 2.45. The zero-order valence-electron chi connectivity index (χ0n) is 23.8. The van der Waals surface area contributed by atoms with Crippen molar-refractivity contribution in [1.82, 2.24) is 14.8 Å². The average Bonchev–Trinajstić information content (AvgIpc) is 3.77. The van der Waals surface area contributed by atoms with Crippen LogP contribution in [0, 0.1) is 11.3 Å². The number of aliphatic imine (C=N–C) groups is 1. The zero-order chi connectivity index (χ0) is 29.3. The first-order valence-corrected chi connectivity index (χ1v) is 15.3. The number of thiazole rings is 1. The van der Waals surface area contributed by atoms with Gasteiger partial charge in [-0.15, -0.1) is 11.3 Å². The number of nitrogens with zero attached hydrogens (tertiary/aromatic N) is 4. The van der Waals surface area contributed by atoms with Gasteiger partial charge in [-0.25, -0.2) is 4.99 Å². The Morgan fingerprint density at radius 2 is 2.00 bits per heavy atom. The van der Waals surface area contributed by atoms with E-state index in [0.29, 0.717) is 46.6 Å². The standard InChI is InChI=1S/C32H36N6O3S/c1-2-38-31(40)28(42-32(38)27(20-33)30-36-26(22-41-30)18-23-10-4-3-5-11-23)21-35-25-13-8-12-24(19-25)29(39)34-14-9-17-37-15-6-7-16-37/h3-5,8,10-13,19,21,26,35H,2,6-7,9,14-18,22H2,1H3,(H,34,39)/t26-/m0/s1. The molecule has 0 radical (unpaired) electrons. The second kappa shape index (κ2) is 14.1. The fourth-order valence-electron chi connectivity index (χ4n) is 5.23. The minimum Gasteiger partial charge on any atom is -0.475 e. The fraction of sp³-hybridized carbons (Fsp3) is 0.375. The number of benzene rings is 2. The quantitative estimate of drug-likeness (QED) is 0.336. The van der Waals surface area contributed by atoms with Gasteiger partial charge in [-0.1, -0.05) is 36.4 Å². The molecule has 218 valence electrons. The molecule has 3 aromatic rings. The third-order valence-corrected chi connectivity index (χ3v) is 8.55. The van der Waals surface area contributed by atoms with Crippen LogP contribution in [0.4, 0.5) is 5.69 Å². The van der Waals surface area contributed by atoms with Gasteiger partial charge in [-0.05, 0) is 76.0 Å². The summed E-state index contributed by atoms with van der Waals surface area (Å²) in [6, 6.07) is 19.4. The van der Waals surface area contributed by atoms with Gasteiger partial charge in [0, 0.05) is 30.5 Å². The summed E-state index contributed by atoms with van der Waals surface area (Å²) in [6.07, 6.45) is 5.79. The van der Waals surface area contributed by atoms with Crippen LogP contribution in [0.2, 0.25) is 0 Å². The Bertz CT molecular complexity index is 1650. The van der Waals surface area contributed by atoms with Crippen molar-refractivity contribution in [3.05, 3.63) is 85.3 Å². The lowest BCUT2D eigenvalue weighted by atomic mass is 10.1. The van der Waals surface area contributed by atoms with Crippen molar-refractivity contribution in [2.75, 3.05) is 38.1 Å². The van der Waals surface area contributed by atoms with Gasteiger partial charge in [0.25, 0.3) is 11.5 Å². The van der Waals surface area contributed by atoms with Crippen LogP contribution < -0.4 is 25.4 Å². The van der Waals surface area contributed by atoms with Gasteiger partial charge in [0.1, 0.15) is 27.4 Å². The molecule has 1 aromatic heterocycles. The number of carbonyl (C=O) groups excluding carboxylic acids is 1. The molecule has 2 aliphatic heterocycles. The van der Waals surface area contributed by atoms with Crippen LogP contribution >= 0.6 is 11.3 Å². The number of likely N-dealkylation sites (tertiary alicyclic amines) is 1. The van der Waals surface area contributed by atoms with Gasteiger partial charge in [0.2, 0.25) is 5.90 Å². The molecule has 1 saturated heterocycles. The Hall–Kier alpha value is -4.20. The average molecular weight is 585 g/mol. The van der Waals surface area contributed by atoms with Crippen LogP contribution in [0.3, 0.4) is 0 Å². The maximum absolute atomic E-state index is 13.2. The van der Waals surface area contributed by atoms with Crippen molar-refractivity contribution in [3.63, 3.8) is 0 Å². The third kappa shape index (κ3) is 7.16. The lowest BCUT2D eigenvalue weighted by molar-refractivity contribution is 0.0952. The van der Waals surface area contributed by atoms with E-state index in [4.69, 9.17) is 4.74 Å². The van der Waals surface area contributed by atoms with Crippen molar-refractivity contribution in [2.24, 2.45) is 4.99 Å². The summed E-state index contributed by atoms with van der Waals surface area (Å²) in [5, 5.41) is 16.2. The number of carbonyl (C=O) groups is 1.